The Labute approximate surface area is 91.6 Å². The predicted molar refractivity (Wildman–Crippen MR) is 62.9 cm³/mol. The van der Waals surface area contributed by atoms with E-state index in [4.69, 9.17) is 10.5 Å². The summed E-state index contributed by atoms with van der Waals surface area (Å²) in [5.41, 5.74) is 8.24. The fourth-order valence-corrected chi connectivity index (χ4v) is 1.56. The lowest BCUT2D eigenvalue weighted by molar-refractivity contribution is 0.196. The summed E-state index contributed by atoms with van der Waals surface area (Å²) in [6, 6.07) is 8.64. The Kier molecular flexibility index (Phi) is 5.32. The number of rotatable bonds is 6. The Bertz CT molecular complexity index is 289. The van der Waals surface area contributed by atoms with Crippen molar-refractivity contribution < 1.29 is 4.74 Å². The van der Waals surface area contributed by atoms with Gasteiger partial charge in [-0.1, -0.05) is 29.8 Å². The number of aryl methyl sites for hydroxylation is 1. The van der Waals surface area contributed by atoms with E-state index in [1.165, 1.54) is 11.1 Å². The van der Waals surface area contributed by atoms with Crippen LogP contribution in [-0.2, 0) is 4.74 Å². The molecule has 0 aliphatic rings. The van der Waals surface area contributed by atoms with Crippen molar-refractivity contribution in [3.8, 4) is 0 Å². The number of hydrogen-bond acceptors (Lipinski definition) is 3. The van der Waals surface area contributed by atoms with Crippen molar-refractivity contribution in [2.24, 2.45) is 5.73 Å². The fourth-order valence-electron chi connectivity index (χ4n) is 1.56. The summed E-state index contributed by atoms with van der Waals surface area (Å²) < 4.78 is 4.99. The van der Waals surface area contributed by atoms with Gasteiger partial charge in [-0.15, -0.1) is 0 Å². The Morgan fingerprint density at radius 2 is 2.27 bits per heavy atom. The van der Waals surface area contributed by atoms with Gasteiger partial charge in [-0.2, -0.15) is 0 Å². The molecule has 1 aromatic carbocycles. The molecule has 3 heteroatoms. The van der Waals surface area contributed by atoms with Crippen molar-refractivity contribution in [1.29, 1.82) is 0 Å². The van der Waals surface area contributed by atoms with Gasteiger partial charge in [0, 0.05) is 26.2 Å². The van der Waals surface area contributed by atoms with Gasteiger partial charge in [0.2, 0.25) is 0 Å². The lowest BCUT2D eigenvalue weighted by atomic mass is 10.0. The summed E-state index contributed by atoms with van der Waals surface area (Å²) >= 11 is 0. The normalized spacial score (nSPS) is 12.7. The van der Waals surface area contributed by atoms with E-state index in [1.54, 1.807) is 7.11 Å². The molecule has 0 radical (unpaired) electrons. The SMILES string of the molecule is COCCNC(CN)c1cccc(C)c1. The highest BCUT2D eigenvalue weighted by Crippen LogP contribution is 2.12. The van der Waals surface area contributed by atoms with Crippen LogP contribution in [0.25, 0.3) is 0 Å². The lowest BCUT2D eigenvalue weighted by Gasteiger charge is -2.17. The van der Waals surface area contributed by atoms with E-state index in [1.807, 2.05) is 0 Å². The third-order valence-corrected chi connectivity index (χ3v) is 2.38. The second-order valence-corrected chi connectivity index (χ2v) is 3.65. The van der Waals surface area contributed by atoms with E-state index in [0.29, 0.717) is 13.2 Å². The topological polar surface area (TPSA) is 47.3 Å². The van der Waals surface area contributed by atoms with Gasteiger partial charge in [-0.3, -0.25) is 0 Å². The zero-order valence-electron chi connectivity index (χ0n) is 9.49. The zero-order valence-corrected chi connectivity index (χ0v) is 9.49. The first-order chi connectivity index (χ1) is 7.27. The molecular weight excluding hydrogens is 188 g/mol. The highest BCUT2D eigenvalue weighted by atomic mass is 16.5. The van der Waals surface area contributed by atoms with E-state index >= 15 is 0 Å². The van der Waals surface area contributed by atoms with Gasteiger partial charge in [0.05, 0.1) is 6.61 Å². The van der Waals surface area contributed by atoms with Crippen molar-refractivity contribution in [2.45, 2.75) is 13.0 Å². The molecule has 1 rings (SSSR count). The first kappa shape index (κ1) is 12.2. The molecule has 0 saturated heterocycles. The third-order valence-electron chi connectivity index (χ3n) is 2.38. The van der Waals surface area contributed by atoms with Crippen molar-refractivity contribution in [3.63, 3.8) is 0 Å². The van der Waals surface area contributed by atoms with E-state index < -0.39 is 0 Å². The van der Waals surface area contributed by atoms with Crippen molar-refractivity contribution in [2.75, 3.05) is 26.8 Å². The molecular formula is C12H20N2O. The van der Waals surface area contributed by atoms with Gasteiger partial charge in [0.1, 0.15) is 0 Å². The second kappa shape index (κ2) is 6.56. The van der Waals surface area contributed by atoms with Crippen LogP contribution >= 0.6 is 0 Å². The largest absolute Gasteiger partial charge is 0.383 e. The molecule has 0 spiro atoms. The Balaban J connectivity index is 2.57. The molecule has 0 saturated carbocycles. The smallest absolute Gasteiger partial charge is 0.0587 e. The quantitative estimate of drug-likeness (QED) is 0.691. The molecule has 0 amide bonds. The minimum Gasteiger partial charge on any atom is -0.383 e. The van der Waals surface area contributed by atoms with E-state index in [-0.39, 0.29) is 6.04 Å². The van der Waals surface area contributed by atoms with Gasteiger partial charge in [0.25, 0.3) is 0 Å². The second-order valence-electron chi connectivity index (χ2n) is 3.65. The van der Waals surface area contributed by atoms with Crippen LogP contribution in [0.4, 0.5) is 0 Å². The summed E-state index contributed by atoms with van der Waals surface area (Å²) in [5.74, 6) is 0. The van der Waals surface area contributed by atoms with Crippen LogP contribution in [0.3, 0.4) is 0 Å². The minimum absolute atomic E-state index is 0.222. The maximum absolute atomic E-state index is 5.73. The summed E-state index contributed by atoms with van der Waals surface area (Å²) in [5, 5.41) is 3.36. The van der Waals surface area contributed by atoms with Crippen LogP contribution in [0.1, 0.15) is 17.2 Å². The van der Waals surface area contributed by atoms with Gasteiger partial charge in [-0.25, -0.2) is 0 Å². The fraction of sp³-hybridized carbons (Fsp3) is 0.500. The summed E-state index contributed by atoms with van der Waals surface area (Å²) in [6.07, 6.45) is 0. The highest BCUT2D eigenvalue weighted by Gasteiger charge is 2.07. The van der Waals surface area contributed by atoms with E-state index in [9.17, 15) is 0 Å². The van der Waals surface area contributed by atoms with Crippen LogP contribution in [0.5, 0.6) is 0 Å². The molecule has 3 nitrogen and oxygen atoms in total. The maximum atomic E-state index is 5.73. The minimum atomic E-state index is 0.222. The Morgan fingerprint density at radius 3 is 2.87 bits per heavy atom. The standard InChI is InChI=1S/C12H20N2O/c1-10-4-3-5-11(8-10)12(9-13)14-6-7-15-2/h3-5,8,12,14H,6-7,9,13H2,1-2H3. The monoisotopic (exact) mass is 208 g/mol. The summed E-state index contributed by atoms with van der Waals surface area (Å²) in [7, 11) is 1.70. The molecule has 15 heavy (non-hydrogen) atoms. The van der Waals surface area contributed by atoms with Crippen LogP contribution in [0, 0.1) is 6.92 Å². The van der Waals surface area contributed by atoms with Gasteiger partial charge in [-0.05, 0) is 12.5 Å². The number of hydrogen-bond donors (Lipinski definition) is 2. The van der Waals surface area contributed by atoms with E-state index in [2.05, 4.69) is 36.5 Å². The van der Waals surface area contributed by atoms with Gasteiger partial charge < -0.3 is 15.8 Å². The third kappa shape index (κ3) is 4.00. The first-order valence-corrected chi connectivity index (χ1v) is 5.27. The molecule has 0 fully saturated rings. The summed E-state index contributed by atoms with van der Waals surface area (Å²) in [6.45, 7) is 4.23. The molecule has 1 unspecified atom stereocenters. The molecule has 0 aliphatic heterocycles. The highest BCUT2D eigenvalue weighted by molar-refractivity contribution is 5.25. The van der Waals surface area contributed by atoms with Crippen LogP contribution in [0.15, 0.2) is 24.3 Å². The molecule has 0 aliphatic carbocycles. The number of ether oxygens (including phenoxy) is 1. The van der Waals surface area contributed by atoms with E-state index in [0.717, 1.165) is 6.54 Å². The lowest BCUT2D eigenvalue weighted by Crippen LogP contribution is -2.30. The van der Waals surface area contributed by atoms with Crippen LogP contribution in [-0.4, -0.2) is 26.8 Å². The average Bonchev–Trinajstić information content (AvgIpc) is 2.24. The molecule has 1 atom stereocenters. The first-order valence-electron chi connectivity index (χ1n) is 5.27. The van der Waals surface area contributed by atoms with Crippen LogP contribution < -0.4 is 11.1 Å². The molecule has 0 heterocycles. The summed E-state index contributed by atoms with van der Waals surface area (Å²) in [4.78, 5) is 0. The number of nitrogens with two attached hydrogens (primary N) is 1. The van der Waals surface area contributed by atoms with Gasteiger partial charge >= 0.3 is 0 Å². The van der Waals surface area contributed by atoms with Crippen LogP contribution in [0.2, 0.25) is 0 Å². The van der Waals surface area contributed by atoms with Gasteiger partial charge in [0.15, 0.2) is 0 Å². The predicted octanol–water partition coefficient (Wildman–Crippen LogP) is 1.23. The Morgan fingerprint density at radius 1 is 1.47 bits per heavy atom. The van der Waals surface area contributed by atoms with Crippen molar-refractivity contribution in [1.82, 2.24) is 5.32 Å². The molecule has 0 bridgehead atoms. The number of nitrogens with one attached hydrogen (secondary N) is 1. The molecule has 1 aromatic rings. The zero-order chi connectivity index (χ0) is 11.1. The molecule has 0 aromatic heterocycles. The van der Waals surface area contributed by atoms with Crippen molar-refractivity contribution in [3.05, 3.63) is 35.4 Å². The number of methoxy groups -OCH3 is 1. The average molecular weight is 208 g/mol. The molecule has 3 N–H and O–H groups in total. The Hall–Kier alpha value is -0.900. The molecule has 84 valence electrons. The maximum Gasteiger partial charge on any atom is 0.0587 e. The number of benzene rings is 1. The van der Waals surface area contributed by atoms with Crippen molar-refractivity contribution >= 4 is 0 Å².